The first-order valence-electron chi connectivity index (χ1n) is 8.75. The summed E-state index contributed by atoms with van der Waals surface area (Å²) in [6.45, 7) is 2.98. The second kappa shape index (κ2) is 6.74. The van der Waals surface area contributed by atoms with Gasteiger partial charge in [-0.25, -0.2) is 0 Å². The Hall–Kier alpha value is -2.57. The number of carbonyl (C=O) groups excluding carboxylic acids is 1. The average Bonchev–Trinajstić information content (AvgIpc) is 3.38. The van der Waals surface area contributed by atoms with Crippen LogP contribution in [0, 0.1) is 0 Å². The van der Waals surface area contributed by atoms with Crippen LogP contribution in [0.4, 0.5) is 0 Å². The first-order valence-corrected chi connectivity index (χ1v) is 8.75. The molecule has 0 N–H and O–H groups in total. The molecule has 2 aliphatic heterocycles. The molecule has 2 aliphatic rings. The minimum atomic E-state index is -0.0618. The third-order valence-corrected chi connectivity index (χ3v) is 4.72. The Labute approximate surface area is 145 Å². The molecule has 1 fully saturated rings. The largest absolute Gasteiger partial charge is 0.454 e. The Kier molecular flexibility index (Phi) is 4.29. The van der Waals surface area contributed by atoms with Gasteiger partial charge < -0.3 is 18.9 Å². The van der Waals surface area contributed by atoms with Gasteiger partial charge in [-0.15, -0.1) is 0 Å². The van der Waals surface area contributed by atoms with Gasteiger partial charge in [0.05, 0.1) is 6.04 Å². The molecule has 0 spiro atoms. The van der Waals surface area contributed by atoms with E-state index in [-0.39, 0.29) is 18.7 Å². The molecule has 1 aromatic heterocycles. The second-order valence-corrected chi connectivity index (χ2v) is 6.33. The van der Waals surface area contributed by atoms with Crippen molar-refractivity contribution < 1.29 is 18.8 Å². The minimum absolute atomic E-state index is 0.0618. The molecule has 0 radical (unpaired) electrons. The normalized spacial score (nSPS) is 18.8. The van der Waals surface area contributed by atoms with E-state index in [1.165, 1.54) is 0 Å². The number of aryl methyl sites for hydroxylation is 2. The zero-order valence-electron chi connectivity index (χ0n) is 14.2. The summed E-state index contributed by atoms with van der Waals surface area (Å²) in [4.78, 5) is 19.0. The van der Waals surface area contributed by atoms with Crippen molar-refractivity contribution in [2.75, 3.05) is 13.3 Å². The van der Waals surface area contributed by atoms with Gasteiger partial charge in [0, 0.05) is 19.4 Å². The van der Waals surface area contributed by atoms with E-state index in [1.54, 1.807) is 0 Å². The molecular weight excluding hydrogens is 322 g/mol. The molecule has 7 heteroatoms. The van der Waals surface area contributed by atoms with Crippen molar-refractivity contribution in [2.45, 2.75) is 45.1 Å². The van der Waals surface area contributed by atoms with Gasteiger partial charge in [-0.1, -0.05) is 18.1 Å². The standard InChI is InChI=1S/C18H21N3O4/c1-2-16-19-18(20-25-16)13-4-3-9-21(13)17(22)8-6-12-5-7-14-15(10-12)24-11-23-14/h5,7,10,13H,2-4,6,8-9,11H2,1H3/t13-/m0/s1. The van der Waals surface area contributed by atoms with Crippen molar-refractivity contribution in [2.24, 2.45) is 0 Å². The van der Waals surface area contributed by atoms with Crippen LogP contribution in [-0.4, -0.2) is 34.3 Å². The van der Waals surface area contributed by atoms with Gasteiger partial charge in [-0.05, 0) is 37.0 Å². The lowest BCUT2D eigenvalue weighted by molar-refractivity contribution is -0.132. The number of fused-ring (bicyclic) bond motifs is 1. The molecule has 3 heterocycles. The summed E-state index contributed by atoms with van der Waals surface area (Å²) in [6.07, 6.45) is 3.69. The fourth-order valence-corrected chi connectivity index (χ4v) is 3.37. The van der Waals surface area contributed by atoms with Crippen LogP contribution in [0.25, 0.3) is 0 Å². The maximum absolute atomic E-state index is 12.7. The van der Waals surface area contributed by atoms with Gasteiger partial charge in [0.1, 0.15) is 0 Å². The first-order chi connectivity index (χ1) is 12.2. The van der Waals surface area contributed by atoms with Crippen LogP contribution >= 0.6 is 0 Å². The van der Waals surface area contributed by atoms with Gasteiger partial charge >= 0.3 is 0 Å². The lowest BCUT2D eigenvalue weighted by Crippen LogP contribution is -2.31. The van der Waals surface area contributed by atoms with Gasteiger partial charge in [-0.2, -0.15) is 4.98 Å². The van der Waals surface area contributed by atoms with Crippen LogP contribution in [0.1, 0.15) is 49.5 Å². The Morgan fingerprint density at radius 2 is 2.20 bits per heavy atom. The number of ether oxygens (including phenoxy) is 2. The molecule has 7 nitrogen and oxygen atoms in total. The molecule has 1 aromatic carbocycles. The number of benzene rings is 1. The Balaban J connectivity index is 1.40. The summed E-state index contributed by atoms with van der Waals surface area (Å²) in [6, 6.07) is 5.76. The molecule has 0 bridgehead atoms. The molecule has 25 heavy (non-hydrogen) atoms. The molecule has 4 rings (SSSR count). The fraction of sp³-hybridized carbons (Fsp3) is 0.500. The van der Waals surface area contributed by atoms with Crippen LogP contribution in [0.2, 0.25) is 0 Å². The second-order valence-electron chi connectivity index (χ2n) is 6.33. The predicted octanol–water partition coefficient (Wildman–Crippen LogP) is 2.66. The lowest BCUT2D eigenvalue weighted by atomic mass is 10.1. The summed E-state index contributed by atoms with van der Waals surface area (Å²) < 4.78 is 15.9. The molecule has 1 saturated heterocycles. The average molecular weight is 343 g/mol. The van der Waals surface area contributed by atoms with Crippen molar-refractivity contribution >= 4 is 5.91 Å². The molecule has 1 atom stereocenters. The van der Waals surface area contributed by atoms with Crippen molar-refractivity contribution in [3.8, 4) is 11.5 Å². The predicted molar refractivity (Wildman–Crippen MR) is 88.3 cm³/mol. The number of carbonyl (C=O) groups is 1. The minimum Gasteiger partial charge on any atom is -0.454 e. The van der Waals surface area contributed by atoms with E-state index in [1.807, 2.05) is 30.0 Å². The summed E-state index contributed by atoms with van der Waals surface area (Å²) in [5.41, 5.74) is 1.07. The zero-order chi connectivity index (χ0) is 17.2. The van der Waals surface area contributed by atoms with E-state index in [0.717, 1.165) is 36.4 Å². The molecule has 2 aromatic rings. The summed E-state index contributed by atoms with van der Waals surface area (Å²) >= 11 is 0. The van der Waals surface area contributed by atoms with E-state index < -0.39 is 0 Å². The molecule has 1 amide bonds. The van der Waals surface area contributed by atoms with Crippen LogP contribution in [0.15, 0.2) is 22.7 Å². The number of nitrogens with zero attached hydrogens (tertiary/aromatic N) is 3. The number of hydrogen-bond donors (Lipinski definition) is 0. The third-order valence-electron chi connectivity index (χ3n) is 4.72. The van der Waals surface area contributed by atoms with E-state index in [2.05, 4.69) is 10.1 Å². The van der Waals surface area contributed by atoms with E-state index in [0.29, 0.717) is 31.0 Å². The van der Waals surface area contributed by atoms with Gasteiger partial charge in [0.15, 0.2) is 17.3 Å². The van der Waals surface area contributed by atoms with E-state index >= 15 is 0 Å². The van der Waals surface area contributed by atoms with Crippen molar-refractivity contribution in [3.05, 3.63) is 35.5 Å². The maximum atomic E-state index is 12.7. The maximum Gasteiger partial charge on any atom is 0.231 e. The summed E-state index contributed by atoms with van der Waals surface area (Å²) in [5, 5.41) is 4.05. The van der Waals surface area contributed by atoms with Gasteiger partial charge in [0.2, 0.25) is 18.6 Å². The highest BCUT2D eigenvalue weighted by Gasteiger charge is 2.33. The van der Waals surface area contributed by atoms with Crippen molar-refractivity contribution in [1.29, 1.82) is 0 Å². The van der Waals surface area contributed by atoms with Crippen LogP contribution in [0.3, 0.4) is 0 Å². The number of rotatable bonds is 5. The third kappa shape index (κ3) is 3.18. The highest BCUT2D eigenvalue weighted by molar-refractivity contribution is 5.77. The molecule has 0 unspecified atom stereocenters. The Bertz CT molecular complexity index is 773. The van der Waals surface area contributed by atoms with Crippen LogP contribution in [-0.2, 0) is 17.6 Å². The summed E-state index contributed by atoms with van der Waals surface area (Å²) in [7, 11) is 0. The number of aromatic nitrogens is 2. The monoisotopic (exact) mass is 343 g/mol. The van der Waals surface area contributed by atoms with Crippen LogP contribution < -0.4 is 9.47 Å². The first kappa shape index (κ1) is 15.9. The molecular formula is C18H21N3O4. The summed E-state index contributed by atoms with van der Waals surface area (Å²) in [5.74, 6) is 2.89. The van der Waals surface area contributed by atoms with Gasteiger partial charge in [0.25, 0.3) is 0 Å². The quantitative estimate of drug-likeness (QED) is 0.830. The van der Waals surface area contributed by atoms with E-state index in [9.17, 15) is 4.79 Å². The van der Waals surface area contributed by atoms with Crippen molar-refractivity contribution in [1.82, 2.24) is 15.0 Å². The molecule has 0 aliphatic carbocycles. The number of likely N-dealkylation sites (tertiary alicyclic amines) is 1. The highest BCUT2D eigenvalue weighted by atomic mass is 16.7. The lowest BCUT2D eigenvalue weighted by Gasteiger charge is -2.22. The topological polar surface area (TPSA) is 77.7 Å². The fourth-order valence-electron chi connectivity index (χ4n) is 3.37. The zero-order valence-corrected chi connectivity index (χ0v) is 14.2. The van der Waals surface area contributed by atoms with Crippen LogP contribution in [0.5, 0.6) is 11.5 Å². The Morgan fingerprint density at radius 3 is 3.04 bits per heavy atom. The number of amides is 1. The number of hydrogen-bond acceptors (Lipinski definition) is 6. The SMILES string of the molecule is CCc1nc([C@@H]2CCCN2C(=O)CCc2ccc3c(c2)OCO3)no1. The molecule has 0 saturated carbocycles. The smallest absolute Gasteiger partial charge is 0.231 e. The van der Waals surface area contributed by atoms with E-state index in [4.69, 9.17) is 14.0 Å². The highest BCUT2D eigenvalue weighted by Crippen LogP contribution is 2.34. The Morgan fingerprint density at radius 1 is 1.32 bits per heavy atom. The van der Waals surface area contributed by atoms with Gasteiger partial charge in [-0.3, -0.25) is 4.79 Å². The molecule has 132 valence electrons. The van der Waals surface area contributed by atoms with Crippen molar-refractivity contribution in [3.63, 3.8) is 0 Å².